The molecule has 0 radical (unpaired) electrons. The molecule has 0 aliphatic carbocycles. The second-order valence-corrected chi connectivity index (χ2v) is 6.14. The van der Waals surface area contributed by atoms with Gasteiger partial charge in [0.2, 0.25) is 5.91 Å². The molecule has 0 saturated carbocycles. The van der Waals surface area contributed by atoms with Gasteiger partial charge in [-0.1, -0.05) is 18.2 Å². The minimum atomic E-state index is -1.50. The van der Waals surface area contributed by atoms with Gasteiger partial charge in [-0.2, -0.15) is 0 Å². The Labute approximate surface area is 147 Å². The fourth-order valence-corrected chi connectivity index (χ4v) is 2.80. The molecular weight excluding hydrogens is 344 g/mol. The Kier molecular flexibility index (Phi) is 4.19. The SMILES string of the molecule is C[C@]1(c2ccc(F)c(F)c2)NC(=O)N(Cc2ccc(C(N)=O)cc2)C1=O. The van der Waals surface area contributed by atoms with Gasteiger partial charge in [-0.05, 0) is 42.3 Å². The number of nitrogens with two attached hydrogens (primary N) is 1. The Morgan fingerprint density at radius 2 is 1.77 bits per heavy atom. The maximum absolute atomic E-state index is 13.5. The molecular formula is C18H15F2N3O3. The van der Waals surface area contributed by atoms with Crippen molar-refractivity contribution in [3.8, 4) is 0 Å². The number of halogens is 2. The highest BCUT2D eigenvalue weighted by Gasteiger charge is 2.49. The topological polar surface area (TPSA) is 92.5 Å². The van der Waals surface area contributed by atoms with E-state index in [2.05, 4.69) is 5.32 Å². The van der Waals surface area contributed by atoms with E-state index in [1.54, 1.807) is 12.1 Å². The molecule has 1 aliphatic heterocycles. The summed E-state index contributed by atoms with van der Waals surface area (Å²) in [5.74, 6) is -3.32. The van der Waals surface area contributed by atoms with Gasteiger partial charge in [0.05, 0.1) is 6.54 Å². The van der Waals surface area contributed by atoms with E-state index in [4.69, 9.17) is 5.73 Å². The predicted octanol–water partition coefficient (Wildman–Crippen LogP) is 2.03. The van der Waals surface area contributed by atoms with E-state index in [1.165, 1.54) is 25.1 Å². The number of carbonyl (C=O) groups excluding carboxylic acids is 3. The van der Waals surface area contributed by atoms with Crippen molar-refractivity contribution >= 4 is 17.8 Å². The molecule has 0 unspecified atom stereocenters. The summed E-state index contributed by atoms with van der Waals surface area (Å²) in [6.07, 6.45) is 0. The molecule has 26 heavy (non-hydrogen) atoms. The molecule has 1 fully saturated rings. The molecule has 4 amide bonds. The zero-order valence-electron chi connectivity index (χ0n) is 13.8. The lowest BCUT2D eigenvalue weighted by molar-refractivity contribution is -0.131. The summed E-state index contributed by atoms with van der Waals surface area (Å²) >= 11 is 0. The van der Waals surface area contributed by atoms with E-state index in [-0.39, 0.29) is 12.1 Å². The van der Waals surface area contributed by atoms with Crippen molar-refractivity contribution in [2.45, 2.75) is 19.0 Å². The highest BCUT2D eigenvalue weighted by molar-refractivity contribution is 6.07. The van der Waals surface area contributed by atoms with E-state index >= 15 is 0 Å². The van der Waals surface area contributed by atoms with Gasteiger partial charge < -0.3 is 11.1 Å². The highest BCUT2D eigenvalue weighted by Crippen LogP contribution is 2.30. The Morgan fingerprint density at radius 3 is 2.35 bits per heavy atom. The molecule has 0 bridgehead atoms. The van der Waals surface area contributed by atoms with Crippen LogP contribution in [-0.4, -0.2) is 22.7 Å². The number of nitrogens with one attached hydrogen (secondary N) is 1. The molecule has 0 aromatic heterocycles. The van der Waals surface area contributed by atoms with Crippen LogP contribution in [-0.2, 0) is 16.9 Å². The van der Waals surface area contributed by atoms with Crippen molar-refractivity contribution in [1.29, 1.82) is 0 Å². The Morgan fingerprint density at radius 1 is 1.12 bits per heavy atom. The first-order valence-corrected chi connectivity index (χ1v) is 7.71. The monoisotopic (exact) mass is 359 g/mol. The fraction of sp³-hybridized carbons (Fsp3) is 0.167. The number of hydrogen-bond donors (Lipinski definition) is 2. The zero-order valence-corrected chi connectivity index (χ0v) is 13.8. The normalized spacial score (nSPS) is 19.6. The van der Waals surface area contributed by atoms with E-state index in [9.17, 15) is 23.2 Å². The summed E-state index contributed by atoms with van der Waals surface area (Å²) in [6, 6.07) is 8.53. The minimum absolute atomic E-state index is 0.0387. The first-order valence-electron chi connectivity index (χ1n) is 7.71. The Bertz CT molecular complexity index is 914. The summed E-state index contributed by atoms with van der Waals surface area (Å²) in [6.45, 7) is 1.39. The molecule has 0 spiro atoms. The van der Waals surface area contributed by atoms with E-state index in [1.807, 2.05) is 0 Å². The first-order chi connectivity index (χ1) is 12.2. The van der Waals surface area contributed by atoms with Gasteiger partial charge in [0.25, 0.3) is 5.91 Å². The number of amides is 4. The summed E-state index contributed by atoms with van der Waals surface area (Å²) < 4.78 is 26.7. The Hall–Kier alpha value is -3.29. The van der Waals surface area contributed by atoms with Gasteiger partial charge in [0.15, 0.2) is 11.6 Å². The van der Waals surface area contributed by atoms with E-state index < -0.39 is 35.0 Å². The summed E-state index contributed by atoms with van der Waals surface area (Å²) in [7, 11) is 0. The maximum atomic E-state index is 13.5. The number of urea groups is 1. The van der Waals surface area contributed by atoms with Crippen LogP contribution in [0.5, 0.6) is 0 Å². The second kappa shape index (κ2) is 6.21. The van der Waals surface area contributed by atoms with Crippen LogP contribution in [0.15, 0.2) is 42.5 Å². The average molecular weight is 359 g/mol. The summed E-state index contributed by atoms with van der Waals surface area (Å²) in [4.78, 5) is 37.1. The summed E-state index contributed by atoms with van der Waals surface area (Å²) in [5, 5.41) is 2.52. The predicted molar refractivity (Wildman–Crippen MR) is 87.8 cm³/mol. The van der Waals surface area contributed by atoms with E-state index in [0.29, 0.717) is 11.1 Å². The van der Waals surface area contributed by atoms with Gasteiger partial charge in [-0.15, -0.1) is 0 Å². The molecule has 8 heteroatoms. The Balaban J connectivity index is 1.86. The highest BCUT2D eigenvalue weighted by atomic mass is 19.2. The van der Waals surface area contributed by atoms with Crippen LogP contribution in [0.1, 0.15) is 28.4 Å². The number of imide groups is 1. The van der Waals surface area contributed by atoms with Gasteiger partial charge in [-0.3, -0.25) is 14.5 Å². The lowest BCUT2D eigenvalue weighted by Crippen LogP contribution is -2.41. The third kappa shape index (κ3) is 2.90. The van der Waals surface area contributed by atoms with Crippen LogP contribution < -0.4 is 11.1 Å². The van der Waals surface area contributed by atoms with Crippen LogP contribution in [0.2, 0.25) is 0 Å². The maximum Gasteiger partial charge on any atom is 0.325 e. The smallest absolute Gasteiger partial charge is 0.325 e. The molecule has 1 saturated heterocycles. The molecule has 1 atom stereocenters. The van der Waals surface area contributed by atoms with Crippen molar-refractivity contribution in [1.82, 2.24) is 10.2 Å². The van der Waals surface area contributed by atoms with Crippen LogP contribution in [0.25, 0.3) is 0 Å². The lowest BCUT2D eigenvalue weighted by Gasteiger charge is -2.22. The van der Waals surface area contributed by atoms with Gasteiger partial charge >= 0.3 is 6.03 Å². The largest absolute Gasteiger partial charge is 0.366 e. The van der Waals surface area contributed by atoms with E-state index in [0.717, 1.165) is 17.0 Å². The molecule has 6 nitrogen and oxygen atoms in total. The molecule has 3 rings (SSSR count). The van der Waals surface area contributed by atoms with Crippen molar-refractivity contribution in [3.05, 3.63) is 70.8 Å². The lowest BCUT2D eigenvalue weighted by atomic mass is 9.92. The molecule has 3 N–H and O–H groups in total. The quantitative estimate of drug-likeness (QED) is 0.818. The van der Waals surface area contributed by atoms with Gasteiger partial charge in [0.1, 0.15) is 5.54 Å². The number of primary amides is 1. The summed E-state index contributed by atoms with van der Waals surface area (Å²) in [5.41, 5.74) is 4.72. The molecule has 2 aromatic rings. The number of nitrogens with zero attached hydrogens (tertiary/aromatic N) is 1. The van der Waals surface area contributed by atoms with Crippen molar-refractivity contribution in [2.75, 3.05) is 0 Å². The number of carbonyl (C=O) groups is 3. The van der Waals surface area contributed by atoms with Crippen LogP contribution in [0, 0.1) is 11.6 Å². The minimum Gasteiger partial charge on any atom is -0.366 e. The molecule has 1 heterocycles. The van der Waals surface area contributed by atoms with Gasteiger partial charge in [-0.25, -0.2) is 13.6 Å². The zero-order chi connectivity index (χ0) is 19.1. The fourth-order valence-electron chi connectivity index (χ4n) is 2.80. The first kappa shape index (κ1) is 17.5. The van der Waals surface area contributed by atoms with Crippen LogP contribution in [0.3, 0.4) is 0 Å². The number of rotatable bonds is 4. The molecule has 134 valence electrons. The van der Waals surface area contributed by atoms with Gasteiger partial charge in [0, 0.05) is 5.56 Å². The van der Waals surface area contributed by atoms with Crippen LogP contribution in [0.4, 0.5) is 13.6 Å². The van der Waals surface area contributed by atoms with Crippen molar-refractivity contribution < 1.29 is 23.2 Å². The molecule has 1 aliphatic rings. The third-order valence-electron chi connectivity index (χ3n) is 4.35. The number of benzene rings is 2. The number of hydrogen-bond acceptors (Lipinski definition) is 3. The van der Waals surface area contributed by atoms with Crippen LogP contribution >= 0.6 is 0 Å². The second-order valence-electron chi connectivity index (χ2n) is 6.14. The van der Waals surface area contributed by atoms with Crippen molar-refractivity contribution in [3.63, 3.8) is 0 Å². The third-order valence-corrected chi connectivity index (χ3v) is 4.35. The van der Waals surface area contributed by atoms with Crippen molar-refractivity contribution in [2.24, 2.45) is 5.73 Å². The standard InChI is InChI=1S/C18H15F2N3O3/c1-18(12-6-7-13(19)14(20)8-12)16(25)23(17(26)22-18)9-10-2-4-11(5-3-10)15(21)24/h2-8H,9H2,1H3,(H2,21,24)(H,22,26)/t18-/m1/s1. The molecule has 2 aromatic carbocycles. The average Bonchev–Trinajstić information content (AvgIpc) is 2.82.